The van der Waals surface area contributed by atoms with Crippen LogP contribution in [-0.2, 0) is 6.42 Å². The first-order valence-electron chi connectivity index (χ1n) is 6.45. The van der Waals surface area contributed by atoms with E-state index >= 15 is 0 Å². The van der Waals surface area contributed by atoms with Gasteiger partial charge >= 0.3 is 0 Å². The molecule has 0 atom stereocenters. The van der Waals surface area contributed by atoms with Gasteiger partial charge in [-0.25, -0.2) is 0 Å². The van der Waals surface area contributed by atoms with Crippen molar-refractivity contribution in [3.05, 3.63) is 30.2 Å². The molecule has 2 heterocycles. The van der Waals surface area contributed by atoms with Crippen molar-refractivity contribution in [2.75, 3.05) is 6.54 Å². The summed E-state index contributed by atoms with van der Waals surface area (Å²) in [5.74, 6) is 1.43. The van der Waals surface area contributed by atoms with Crippen LogP contribution in [0.25, 0.3) is 11.6 Å². The summed E-state index contributed by atoms with van der Waals surface area (Å²) in [5, 5.41) is 6.91. The first-order chi connectivity index (χ1) is 9.65. The maximum atomic E-state index is 5.70. The molecule has 0 radical (unpaired) electrons. The molecule has 2 aromatic rings. The number of guanidine groups is 1. The Morgan fingerprint density at radius 1 is 1.43 bits per heavy atom. The molecule has 0 fully saturated rings. The summed E-state index contributed by atoms with van der Waals surface area (Å²) in [6.45, 7) is 4.51. The van der Waals surface area contributed by atoms with Gasteiger partial charge in [-0.3, -0.25) is 9.98 Å². The van der Waals surface area contributed by atoms with Gasteiger partial charge in [0.25, 0.3) is 5.89 Å². The molecule has 114 valence electrons. The van der Waals surface area contributed by atoms with Crippen LogP contribution in [0, 0.1) is 0 Å². The van der Waals surface area contributed by atoms with Crippen molar-refractivity contribution < 1.29 is 4.52 Å². The number of nitrogens with zero attached hydrogens (tertiary/aromatic N) is 4. The average Bonchev–Trinajstić information content (AvgIpc) is 2.88. The van der Waals surface area contributed by atoms with E-state index in [4.69, 9.17) is 10.3 Å². The van der Waals surface area contributed by atoms with Crippen LogP contribution in [0.5, 0.6) is 0 Å². The van der Waals surface area contributed by atoms with Gasteiger partial charge in [-0.2, -0.15) is 4.98 Å². The van der Waals surface area contributed by atoms with Gasteiger partial charge < -0.3 is 15.6 Å². The predicted molar refractivity (Wildman–Crippen MR) is 91.4 cm³/mol. The van der Waals surface area contributed by atoms with E-state index in [-0.39, 0.29) is 30.0 Å². The second-order valence-corrected chi connectivity index (χ2v) is 4.55. The Kier molecular flexibility index (Phi) is 7.06. The lowest BCUT2D eigenvalue weighted by Gasteiger charge is -2.07. The average molecular weight is 402 g/mol. The summed E-state index contributed by atoms with van der Waals surface area (Å²) in [6, 6.07) is 5.79. The van der Waals surface area contributed by atoms with Crippen LogP contribution in [0.1, 0.15) is 19.7 Å². The summed E-state index contributed by atoms with van der Waals surface area (Å²) in [4.78, 5) is 12.6. The van der Waals surface area contributed by atoms with Crippen molar-refractivity contribution in [2.45, 2.75) is 26.3 Å². The Morgan fingerprint density at radius 3 is 2.90 bits per heavy atom. The first-order valence-corrected chi connectivity index (χ1v) is 6.45. The third-order valence-electron chi connectivity index (χ3n) is 2.41. The third-order valence-corrected chi connectivity index (χ3v) is 2.41. The highest BCUT2D eigenvalue weighted by Crippen LogP contribution is 2.13. The normalized spacial score (nSPS) is 11.3. The minimum atomic E-state index is 0. The van der Waals surface area contributed by atoms with Gasteiger partial charge in [0.05, 0.1) is 0 Å². The number of nitrogens with one attached hydrogen (secondary N) is 1. The van der Waals surface area contributed by atoms with Gasteiger partial charge in [-0.1, -0.05) is 11.2 Å². The smallest absolute Gasteiger partial charge is 0.276 e. The fourth-order valence-corrected chi connectivity index (χ4v) is 1.57. The number of pyridine rings is 1. The zero-order valence-corrected chi connectivity index (χ0v) is 14.3. The fourth-order valence-electron chi connectivity index (χ4n) is 1.57. The molecule has 2 aromatic heterocycles. The molecule has 0 saturated heterocycles. The number of aromatic nitrogens is 3. The molecular formula is C13H19IN6O. The number of hydrogen-bond acceptors (Lipinski definition) is 5. The summed E-state index contributed by atoms with van der Waals surface area (Å²) in [7, 11) is 0. The van der Waals surface area contributed by atoms with Crippen LogP contribution in [0.3, 0.4) is 0 Å². The molecule has 3 N–H and O–H groups in total. The zero-order valence-electron chi connectivity index (χ0n) is 12.0. The van der Waals surface area contributed by atoms with Crippen LogP contribution in [0.4, 0.5) is 0 Å². The van der Waals surface area contributed by atoms with Crippen LogP contribution >= 0.6 is 24.0 Å². The molecule has 0 spiro atoms. The van der Waals surface area contributed by atoms with Crippen molar-refractivity contribution >= 4 is 29.9 Å². The molecule has 21 heavy (non-hydrogen) atoms. The highest BCUT2D eigenvalue weighted by molar-refractivity contribution is 14.0. The Labute approximate surface area is 140 Å². The Bertz CT molecular complexity index is 569. The number of rotatable bonds is 5. The molecule has 0 saturated carbocycles. The largest absolute Gasteiger partial charge is 0.370 e. The van der Waals surface area contributed by atoms with Gasteiger partial charge in [0.2, 0.25) is 0 Å². The minimum absolute atomic E-state index is 0. The summed E-state index contributed by atoms with van der Waals surface area (Å²) >= 11 is 0. The van der Waals surface area contributed by atoms with Gasteiger partial charge in [0.1, 0.15) is 5.69 Å². The Balaban J connectivity index is 0.00000220. The van der Waals surface area contributed by atoms with Crippen LogP contribution < -0.4 is 11.1 Å². The van der Waals surface area contributed by atoms with E-state index < -0.39 is 0 Å². The zero-order chi connectivity index (χ0) is 14.4. The van der Waals surface area contributed by atoms with E-state index in [0.717, 1.165) is 0 Å². The van der Waals surface area contributed by atoms with Gasteiger partial charge in [0.15, 0.2) is 11.8 Å². The minimum Gasteiger partial charge on any atom is -0.370 e. The molecule has 7 nitrogen and oxygen atoms in total. The highest BCUT2D eigenvalue weighted by atomic mass is 127. The maximum Gasteiger partial charge on any atom is 0.276 e. The monoisotopic (exact) mass is 402 g/mol. The van der Waals surface area contributed by atoms with Gasteiger partial charge in [-0.05, 0) is 26.0 Å². The molecule has 0 aliphatic rings. The summed E-state index contributed by atoms with van der Waals surface area (Å²) in [5.41, 5.74) is 6.36. The number of halogens is 1. The van der Waals surface area contributed by atoms with Crippen LogP contribution in [0.15, 0.2) is 33.9 Å². The third kappa shape index (κ3) is 5.66. The summed E-state index contributed by atoms with van der Waals surface area (Å²) < 4.78 is 5.15. The quantitative estimate of drug-likeness (QED) is 0.448. The van der Waals surface area contributed by atoms with Crippen molar-refractivity contribution in [3.63, 3.8) is 0 Å². The van der Waals surface area contributed by atoms with Crippen LogP contribution in [0.2, 0.25) is 0 Å². The van der Waals surface area contributed by atoms with E-state index in [1.807, 2.05) is 32.0 Å². The molecule has 0 amide bonds. The number of nitrogens with two attached hydrogens (primary N) is 1. The first kappa shape index (κ1) is 17.3. The topological polar surface area (TPSA) is 102 Å². The molecule has 0 unspecified atom stereocenters. The summed E-state index contributed by atoms with van der Waals surface area (Å²) in [6.07, 6.45) is 2.25. The van der Waals surface area contributed by atoms with Crippen molar-refractivity contribution in [3.8, 4) is 11.6 Å². The second-order valence-electron chi connectivity index (χ2n) is 4.55. The molecule has 0 aromatic carbocycles. The lowest BCUT2D eigenvalue weighted by atomic mass is 10.3. The molecule has 0 aliphatic heterocycles. The molecule has 2 rings (SSSR count). The van der Waals surface area contributed by atoms with E-state index in [1.54, 1.807) is 6.20 Å². The van der Waals surface area contributed by atoms with E-state index in [9.17, 15) is 0 Å². The standard InChI is InChI=1S/C13H18N6O.HI/c1-9(2)17-13(14)16-8-6-11-18-12(20-19-11)10-5-3-4-7-15-10;/h3-5,7,9H,6,8H2,1-2H3,(H3,14,16,17);1H. The number of hydrogen-bond donors (Lipinski definition) is 2. The lowest BCUT2D eigenvalue weighted by Crippen LogP contribution is -2.36. The van der Waals surface area contributed by atoms with Gasteiger partial charge in [0, 0.05) is 25.2 Å². The molecule has 0 bridgehead atoms. The highest BCUT2D eigenvalue weighted by Gasteiger charge is 2.08. The predicted octanol–water partition coefficient (Wildman–Crippen LogP) is 1.60. The van der Waals surface area contributed by atoms with E-state index in [1.165, 1.54) is 0 Å². The maximum absolute atomic E-state index is 5.70. The van der Waals surface area contributed by atoms with Crippen LogP contribution in [-0.4, -0.2) is 33.7 Å². The molecule has 0 aliphatic carbocycles. The van der Waals surface area contributed by atoms with E-state index in [0.29, 0.717) is 36.3 Å². The van der Waals surface area contributed by atoms with Crippen molar-refractivity contribution in [1.82, 2.24) is 20.4 Å². The Hall–Kier alpha value is -1.71. The second kappa shape index (κ2) is 8.55. The molecular weight excluding hydrogens is 383 g/mol. The molecule has 8 heteroatoms. The van der Waals surface area contributed by atoms with Crippen molar-refractivity contribution in [2.24, 2.45) is 10.7 Å². The van der Waals surface area contributed by atoms with Gasteiger partial charge in [-0.15, -0.1) is 24.0 Å². The fraction of sp³-hybridized carbons (Fsp3) is 0.385. The SMILES string of the molecule is CC(C)NC(N)=NCCc1noc(-c2ccccn2)n1.I. The Morgan fingerprint density at radius 2 is 2.24 bits per heavy atom. The number of aliphatic imine (C=N–C) groups is 1. The van der Waals surface area contributed by atoms with E-state index in [2.05, 4.69) is 25.4 Å². The lowest BCUT2D eigenvalue weighted by molar-refractivity contribution is 0.421. The van der Waals surface area contributed by atoms with Crippen molar-refractivity contribution in [1.29, 1.82) is 0 Å².